The number of hydrogen-bond donors (Lipinski definition) is 1. The van der Waals surface area contributed by atoms with Crippen molar-refractivity contribution in [1.29, 1.82) is 0 Å². The zero-order chi connectivity index (χ0) is 18.4. The fourth-order valence-corrected chi connectivity index (χ4v) is 4.98. The van der Waals surface area contributed by atoms with Crippen molar-refractivity contribution < 1.29 is 14.3 Å². The van der Waals surface area contributed by atoms with Gasteiger partial charge >= 0.3 is 0 Å². The van der Waals surface area contributed by atoms with Gasteiger partial charge in [0.05, 0.1) is 24.5 Å². The van der Waals surface area contributed by atoms with Gasteiger partial charge in [-0.25, -0.2) is 4.98 Å². The molecule has 2 fully saturated rings. The molecule has 0 unspecified atom stereocenters. The van der Waals surface area contributed by atoms with Crippen LogP contribution in [-0.2, 0) is 20.7 Å². The Hall–Kier alpha value is -2.51. The summed E-state index contributed by atoms with van der Waals surface area (Å²) in [7, 11) is 0. The summed E-state index contributed by atoms with van der Waals surface area (Å²) >= 11 is 1.36. The van der Waals surface area contributed by atoms with E-state index in [1.807, 2.05) is 35.3 Å². The van der Waals surface area contributed by atoms with Crippen LogP contribution in [-0.4, -0.2) is 46.5 Å². The van der Waals surface area contributed by atoms with Crippen molar-refractivity contribution in [3.63, 3.8) is 0 Å². The normalized spacial score (nSPS) is 30.7. The first kappa shape index (κ1) is 16.6. The molecule has 0 saturated carbocycles. The molecule has 1 N–H and O–H groups in total. The number of rotatable bonds is 5. The van der Waals surface area contributed by atoms with Crippen molar-refractivity contribution >= 4 is 28.3 Å². The van der Waals surface area contributed by atoms with Crippen molar-refractivity contribution in [3.8, 4) is 0 Å². The van der Waals surface area contributed by atoms with Crippen LogP contribution in [0.25, 0.3) is 0 Å². The molecule has 1 spiro atoms. The number of carbonyl (C=O) groups excluding carboxylic acids is 2. The number of benzene rings is 1. The van der Waals surface area contributed by atoms with E-state index in [1.54, 1.807) is 11.6 Å². The Bertz CT molecular complexity index is 898. The van der Waals surface area contributed by atoms with Crippen LogP contribution < -0.4 is 5.32 Å². The van der Waals surface area contributed by atoms with Crippen LogP contribution in [0.1, 0.15) is 5.56 Å². The highest BCUT2D eigenvalue weighted by Crippen LogP contribution is 2.52. The molecule has 27 heavy (non-hydrogen) atoms. The topological polar surface area (TPSA) is 71.5 Å². The Kier molecular flexibility index (Phi) is 3.87. The lowest BCUT2D eigenvalue weighted by Gasteiger charge is -2.23. The van der Waals surface area contributed by atoms with Crippen molar-refractivity contribution in [2.24, 2.45) is 11.8 Å². The summed E-state index contributed by atoms with van der Waals surface area (Å²) < 4.78 is 6.14. The van der Waals surface area contributed by atoms with Gasteiger partial charge in [0.15, 0.2) is 5.13 Å². The van der Waals surface area contributed by atoms with Crippen molar-refractivity contribution in [1.82, 2.24) is 9.88 Å². The zero-order valence-electron chi connectivity index (χ0n) is 14.6. The third-order valence-electron chi connectivity index (χ3n) is 5.66. The van der Waals surface area contributed by atoms with Crippen molar-refractivity contribution in [2.75, 3.05) is 18.4 Å². The summed E-state index contributed by atoms with van der Waals surface area (Å²) in [4.78, 5) is 31.9. The van der Waals surface area contributed by atoms with E-state index in [4.69, 9.17) is 4.74 Å². The van der Waals surface area contributed by atoms with Crippen LogP contribution in [0, 0.1) is 11.8 Å². The third-order valence-corrected chi connectivity index (χ3v) is 6.35. The molecular weight excluding hydrogens is 362 g/mol. The molecule has 2 bridgehead atoms. The lowest BCUT2D eigenvalue weighted by Crippen LogP contribution is -2.41. The van der Waals surface area contributed by atoms with Crippen LogP contribution in [0.3, 0.4) is 0 Å². The molecule has 0 aliphatic carbocycles. The minimum absolute atomic E-state index is 0.0112. The van der Waals surface area contributed by atoms with E-state index in [0.29, 0.717) is 18.2 Å². The molecule has 138 valence electrons. The number of aromatic nitrogens is 1. The largest absolute Gasteiger partial charge is 0.360 e. The average Bonchev–Trinajstić information content (AvgIpc) is 3.44. The second-order valence-electron chi connectivity index (χ2n) is 7.22. The van der Waals surface area contributed by atoms with Gasteiger partial charge in [-0.2, -0.15) is 0 Å². The van der Waals surface area contributed by atoms with Gasteiger partial charge in [-0.05, 0) is 12.0 Å². The molecule has 7 heteroatoms. The predicted molar refractivity (Wildman–Crippen MR) is 101 cm³/mol. The van der Waals surface area contributed by atoms with E-state index in [9.17, 15) is 9.59 Å². The van der Waals surface area contributed by atoms with Crippen LogP contribution in [0.5, 0.6) is 0 Å². The summed E-state index contributed by atoms with van der Waals surface area (Å²) in [6.07, 6.45) is 6.01. The number of fused-ring (bicyclic) bond motifs is 1. The molecular formula is C20H19N3O3S. The Balaban J connectivity index is 1.33. The summed E-state index contributed by atoms with van der Waals surface area (Å²) in [6.45, 7) is 1.14. The number of nitrogens with one attached hydrogen (secondary N) is 1. The van der Waals surface area contributed by atoms with E-state index in [0.717, 1.165) is 6.42 Å². The van der Waals surface area contributed by atoms with E-state index in [2.05, 4.69) is 22.4 Å². The monoisotopic (exact) mass is 381 g/mol. The maximum absolute atomic E-state index is 13.1. The number of carbonyl (C=O) groups is 2. The highest BCUT2D eigenvalue weighted by molar-refractivity contribution is 7.13. The number of nitrogens with zero attached hydrogens (tertiary/aromatic N) is 2. The highest BCUT2D eigenvalue weighted by atomic mass is 32.1. The van der Waals surface area contributed by atoms with E-state index >= 15 is 0 Å². The van der Waals surface area contributed by atoms with Gasteiger partial charge in [0.2, 0.25) is 11.8 Å². The first-order chi connectivity index (χ1) is 13.2. The summed E-state index contributed by atoms with van der Waals surface area (Å²) in [5.41, 5.74) is 0.530. The number of hydrogen-bond acceptors (Lipinski definition) is 5. The lowest BCUT2D eigenvalue weighted by molar-refractivity contribution is -0.135. The van der Waals surface area contributed by atoms with Crippen LogP contribution >= 0.6 is 11.3 Å². The summed E-state index contributed by atoms with van der Waals surface area (Å²) in [5.74, 6) is -1.14. The Morgan fingerprint density at radius 2 is 2.22 bits per heavy atom. The van der Waals surface area contributed by atoms with Gasteiger partial charge in [-0.3, -0.25) is 9.59 Å². The van der Waals surface area contributed by atoms with Crippen LogP contribution in [0.4, 0.5) is 5.13 Å². The fourth-order valence-electron chi connectivity index (χ4n) is 4.45. The van der Waals surface area contributed by atoms with E-state index in [-0.39, 0.29) is 17.9 Å². The second kappa shape index (κ2) is 6.28. The van der Waals surface area contributed by atoms with Gasteiger partial charge in [-0.1, -0.05) is 42.5 Å². The third kappa shape index (κ3) is 2.69. The van der Waals surface area contributed by atoms with Crippen molar-refractivity contribution in [2.45, 2.75) is 18.1 Å². The van der Waals surface area contributed by atoms with Gasteiger partial charge in [-0.15, -0.1) is 11.3 Å². The molecule has 2 amide bonds. The molecule has 5 rings (SSSR count). The van der Waals surface area contributed by atoms with Crippen LogP contribution in [0.2, 0.25) is 0 Å². The maximum Gasteiger partial charge on any atom is 0.233 e. The standard InChI is InChI=1S/C20H19N3O3S/c24-17(22-19-21-9-11-27-19)15-14-6-8-20(26-14)12-23(18(25)16(15)20)10-7-13-4-2-1-3-5-13/h1-6,8-9,11,14-16H,7,10,12H2,(H,21,22,24)/t14-,15-,16+,20-/m1/s1. The second-order valence-corrected chi connectivity index (χ2v) is 8.12. The first-order valence-electron chi connectivity index (χ1n) is 9.06. The molecule has 1 aromatic heterocycles. The minimum atomic E-state index is -0.663. The highest BCUT2D eigenvalue weighted by Gasteiger charge is 2.66. The molecule has 6 nitrogen and oxygen atoms in total. The molecule has 2 aromatic rings. The lowest BCUT2D eigenvalue weighted by atomic mass is 9.77. The quantitative estimate of drug-likeness (QED) is 0.806. The van der Waals surface area contributed by atoms with Gasteiger partial charge in [0.25, 0.3) is 0 Å². The molecule has 4 heterocycles. The number of amides is 2. The molecule has 2 saturated heterocycles. The first-order valence-corrected chi connectivity index (χ1v) is 9.94. The molecule has 3 aliphatic heterocycles. The van der Waals surface area contributed by atoms with Gasteiger partial charge in [0, 0.05) is 18.1 Å². The van der Waals surface area contributed by atoms with Crippen molar-refractivity contribution in [3.05, 3.63) is 59.6 Å². The average molecular weight is 381 g/mol. The van der Waals surface area contributed by atoms with Gasteiger partial charge < -0.3 is 15.0 Å². The Morgan fingerprint density at radius 3 is 3.00 bits per heavy atom. The van der Waals surface area contributed by atoms with E-state index < -0.39 is 17.4 Å². The SMILES string of the molecule is O=C(Nc1nccs1)[C@H]1[C@H]2C(=O)N(CCc3ccccc3)C[C@]23C=C[C@H]1O3. The number of thiazole rings is 1. The number of ether oxygens (including phenoxy) is 1. The fraction of sp³-hybridized carbons (Fsp3) is 0.350. The van der Waals surface area contributed by atoms with Crippen LogP contribution in [0.15, 0.2) is 54.1 Å². The zero-order valence-corrected chi connectivity index (χ0v) is 15.4. The van der Waals surface area contributed by atoms with E-state index in [1.165, 1.54) is 16.9 Å². The summed E-state index contributed by atoms with van der Waals surface area (Å²) in [5, 5.41) is 5.19. The molecule has 3 aliphatic rings. The molecule has 0 radical (unpaired) electrons. The maximum atomic E-state index is 13.1. The minimum Gasteiger partial charge on any atom is -0.360 e. The number of likely N-dealkylation sites (tertiary alicyclic amines) is 1. The Labute approximate surface area is 160 Å². The summed E-state index contributed by atoms with van der Waals surface area (Å²) in [6, 6.07) is 10.1. The predicted octanol–water partition coefficient (Wildman–Crippen LogP) is 2.11. The number of anilines is 1. The van der Waals surface area contributed by atoms with Gasteiger partial charge in [0.1, 0.15) is 5.60 Å². The smallest absolute Gasteiger partial charge is 0.233 e. The Morgan fingerprint density at radius 1 is 1.37 bits per heavy atom. The molecule has 1 aromatic carbocycles. The molecule has 4 atom stereocenters.